The van der Waals surface area contributed by atoms with E-state index in [-0.39, 0.29) is 5.92 Å². The van der Waals surface area contributed by atoms with E-state index in [1.807, 2.05) is 12.1 Å². The number of halogens is 1. The van der Waals surface area contributed by atoms with Crippen molar-refractivity contribution in [1.29, 1.82) is 0 Å². The van der Waals surface area contributed by atoms with E-state index in [2.05, 4.69) is 15.9 Å². The Hall–Kier alpha value is -1.03. The van der Waals surface area contributed by atoms with Gasteiger partial charge in [0.2, 0.25) is 0 Å². The number of anilines is 1. The summed E-state index contributed by atoms with van der Waals surface area (Å²) in [5, 5.41) is 8.73. The lowest BCUT2D eigenvalue weighted by molar-refractivity contribution is -0.141. The molecular weight excluding hydrogens is 246 g/mol. The standard InChI is InChI=1S/C10H12BrNO2/c1-6(10(13)14)4-7-2-3-8(11)9(12)5-7/h2-3,5-6H,4,12H2,1H3,(H,13,14). The second-order valence-electron chi connectivity index (χ2n) is 3.30. The molecule has 1 unspecified atom stereocenters. The molecule has 0 aliphatic rings. The van der Waals surface area contributed by atoms with Crippen LogP contribution < -0.4 is 5.73 Å². The molecule has 3 nitrogen and oxygen atoms in total. The zero-order valence-corrected chi connectivity index (χ0v) is 9.41. The Morgan fingerprint density at radius 1 is 1.64 bits per heavy atom. The SMILES string of the molecule is CC(Cc1ccc(Br)c(N)c1)C(=O)O. The fourth-order valence-electron chi connectivity index (χ4n) is 1.16. The predicted octanol–water partition coefficient (Wildman–Crippen LogP) is 2.29. The van der Waals surface area contributed by atoms with Gasteiger partial charge in [0.25, 0.3) is 0 Å². The fraction of sp³-hybridized carbons (Fsp3) is 0.300. The summed E-state index contributed by atoms with van der Waals surface area (Å²) in [7, 11) is 0. The van der Waals surface area contributed by atoms with E-state index >= 15 is 0 Å². The Balaban J connectivity index is 2.78. The number of nitrogen functional groups attached to an aromatic ring is 1. The minimum Gasteiger partial charge on any atom is -0.481 e. The number of carboxylic acid groups (broad SMARTS) is 1. The van der Waals surface area contributed by atoms with Gasteiger partial charge in [0.1, 0.15) is 0 Å². The molecule has 0 spiro atoms. The Morgan fingerprint density at radius 2 is 2.29 bits per heavy atom. The van der Waals surface area contributed by atoms with Crippen molar-refractivity contribution >= 4 is 27.6 Å². The third-order valence-electron chi connectivity index (χ3n) is 2.02. The van der Waals surface area contributed by atoms with Gasteiger partial charge in [0, 0.05) is 10.2 Å². The topological polar surface area (TPSA) is 63.3 Å². The number of aliphatic carboxylic acids is 1. The van der Waals surface area contributed by atoms with Crippen molar-refractivity contribution < 1.29 is 9.90 Å². The summed E-state index contributed by atoms with van der Waals surface area (Å²) in [6.45, 7) is 1.68. The maximum Gasteiger partial charge on any atom is 0.306 e. The molecule has 76 valence electrons. The van der Waals surface area contributed by atoms with Crippen molar-refractivity contribution in [3.8, 4) is 0 Å². The van der Waals surface area contributed by atoms with Crippen LogP contribution in [-0.4, -0.2) is 11.1 Å². The van der Waals surface area contributed by atoms with Crippen molar-refractivity contribution in [1.82, 2.24) is 0 Å². The Bertz CT molecular complexity index is 352. The Kier molecular flexibility index (Phi) is 3.52. The van der Waals surface area contributed by atoms with Gasteiger partial charge in [-0.25, -0.2) is 0 Å². The van der Waals surface area contributed by atoms with Crippen LogP contribution in [0.5, 0.6) is 0 Å². The number of benzene rings is 1. The summed E-state index contributed by atoms with van der Waals surface area (Å²) in [6, 6.07) is 5.50. The van der Waals surface area contributed by atoms with Gasteiger partial charge in [-0.3, -0.25) is 4.79 Å². The lowest BCUT2D eigenvalue weighted by Crippen LogP contribution is -2.12. The molecule has 1 rings (SSSR count). The number of hydrogen-bond donors (Lipinski definition) is 2. The molecule has 1 aromatic carbocycles. The number of hydrogen-bond acceptors (Lipinski definition) is 2. The summed E-state index contributed by atoms with van der Waals surface area (Å²) in [5.41, 5.74) is 7.26. The van der Waals surface area contributed by atoms with Gasteiger partial charge in [0.15, 0.2) is 0 Å². The first kappa shape index (κ1) is 11.0. The highest BCUT2D eigenvalue weighted by Crippen LogP contribution is 2.21. The van der Waals surface area contributed by atoms with E-state index in [1.165, 1.54) is 0 Å². The molecule has 0 fully saturated rings. The zero-order valence-electron chi connectivity index (χ0n) is 7.83. The van der Waals surface area contributed by atoms with E-state index in [1.54, 1.807) is 13.0 Å². The first-order chi connectivity index (χ1) is 6.50. The van der Waals surface area contributed by atoms with E-state index in [0.717, 1.165) is 10.0 Å². The molecule has 0 heterocycles. The van der Waals surface area contributed by atoms with Gasteiger partial charge in [-0.15, -0.1) is 0 Å². The summed E-state index contributed by atoms with van der Waals surface area (Å²) >= 11 is 3.28. The summed E-state index contributed by atoms with van der Waals surface area (Å²) in [6.07, 6.45) is 0.507. The fourth-order valence-corrected chi connectivity index (χ4v) is 1.41. The second-order valence-corrected chi connectivity index (χ2v) is 4.15. The highest BCUT2D eigenvalue weighted by atomic mass is 79.9. The third kappa shape index (κ3) is 2.73. The van der Waals surface area contributed by atoms with Gasteiger partial charge in [-0.1, -0.05) is 13.0 Å². The summed E-state index contributed by atoms with van der Waals surface area (Å²) in [5.74, 6) is -1.16. The van der Waals surface area contributed by atoms with E-state index in [9.17, 15) is 4.79 Å². The smallest absolute Gasteiger partial charge is 0.306 e. The molecule has 4 heteroatoms. The molecule has 0 aliphatic carbocycles. The first-order valence-electron chi connectivity index (χ1n) is 4.27. The van der Waals surface area contributed by atoms with Gasteiger partial charge in [0.05, 0.1) is 5.92 Å². The maximum atomic E-state index is 10.6. The van der Waals surface area contributed by atoms with Crippen molar-refractivity contribution in [2.45, 2.75) is 13.3 Å². The van der Waals surface area contributed by atoms with Crippen LogP contribution in [0.1, 0.15) is 12.5 Å². The van der Waals surface area contributed by atoms with Crippen LogP contribution in [0.25, 0.3) is 0 Å². The number of carboxylic acids is 1. The third-order valence-corrected chi connectivity index (χ3v) is 2.75. The lowest BCUT2D eigenvalue weighted by atomic mass is 10.0. The lowest BCUT2D eigenvalue weighted by Gasteiger charge is -2.07. The summed E-state index contributed by atoms with van der Waals surface area (Å²) < 4.78 is 0.837. The molecule has 3 N–H and O–H groups in total. The van der Waals surface area contributed by atoms with Gasteiger partial charge >= 0.3 is 5.97 Å². The van der Waals surface area contributed by atoms with Crippen molar-refractivity contribution in [3.63, 3.8) is 0 Å². The number of rotatable bonds is 3. The molecule has 0 bridgehead atoms. The monoisotopic (exact) mass is 257 g/mol. The van der Waals surface area contributed by atoms with Crippen molar-refractivity contribution in [3.05, 3.63) is 28.2 Å². The molecule has 0 aliphatic heterocycles. The average Bonchev–Trinajstić information content (AvgIpc) is 2.11. The van der Waals surface area contributed by atoms with E-state index in [4.69, 9.17) is 10.8 Å². The van der Waals surface area contributed by atoms with Crippen LogP contribution in [0.15, 0.2) is 22.7 Å². The molecule has 0 amide bonds. The highest BCUT2D eigenvalue weighted by Gasteiger charge is 2.11. The van der Waals surface area contributed by atoms with Crippen LogP contribution in [0.3, 0.4) is 0 Å². The average molecular weight is 258 g/mol. The van der Waals surface area contributed by atoms with Gasteiger partial charge in [-0.05, 0) is 40.0 Å². The minimum absolute atomic E-state index is 0.379. The largest absolute Gasteiger partial charge is 0.481 e. The van der Waals surface area contributed by atoms with Crippen LogP contribution in [0, 0.1) is 5.92 Å². The van der Waals surface area contributed by atoms with E-state index < -0.39 is 5.97 Å². The molecule has 0 saturated carbocycles. The van der Waals surface area contributed by atoms with Crippen molar-refractivity contribution in [2.24, 2.45) is 5.92 Å². The second kappa shape index (κ2) is 4.46. The van der Waals surface area contributed by atoms with Gasteiger partial charge in [-0.2, -0.15) is 0 Å². The molecule has 1 aromatic rings. The van der Waals surface area contributed by atoms with Crippen molar-refractivity contribution in [2.75, 3.05) is 5.73 Å². The first-order valence-corrected chi connectivity index (χ1v) is 5.06. The molecular formula is C10H12BrNO2. The summed E-state index contributed by atoms with van der Waals surface area (Å²) in [4.78, 5) is 10.6. The number of nitrogens with two attached hydrogens (primary N) is 1. The van der Waals surface area contributed by atoms with E-state index in [0.29, 0.717) is 12.1 Å². The maximum absolute atomic E-state index is 10.6. The molecule has 0 saturated heterocycles. The van der Waals surface area contributed by atoms with Crippen LogP contribution in [-0.2, 0) is 11.2 Å². The molecule has 0 aromatic heterocycles. The normalized spacial score (nSPS) is 12.4. The predicted molar refractivity (Wildman–Crippen MR) is 59.1 cm³/mol. The Morgan fingerprint density at radius 3 is 2.79 bits per heavy atom. The van der Waals surface area contributed by atoms with Crippen LogP contribution >= 0.6 is 15.9 Å². The molecule has 0 radical (unpaired) electrons. The van der Waals surface area contributed by atoms with Crippen LogP contribution in [0.2, 0.25) is 0 Å². The quantitative estimate of drug-likeness (QED) is 0.817. The Labute approximate surface area is 91.1 Å². The van der Waals surface area contributed by atoms with Crippen LogP contribution in [0.4, 0.5) is 5.69 Å². The molecule has 1 atom stereocenters. The van der Waals surface area contributed by atoms with Gasteiger partial charge < -0.3 is 10.8 Å². The zero-order chi connectivity index (χ0) is 10.7. The minimum atomic E-state index is -0.786. The number of carbonyl (C=O) groups is 1. The molecule has 14 heavy (non-hydrogen) atoms. The highest BCUT2D eigenvalue weighted by molar-refractivity contribution is 9.10.